The van der Waals surface area contributed by atoms with Gasteiger partial charge in [-0.1, -0.05) is 41.4 Å². The summed E-state index contributed by atoms with van der Waals surface area (Å²) in [4.78, 5) is 18.4. The number of ether oxygens (including phenoxy) is 1. The fourth-order valence-corrected chi connectivity index (χ4v) is 3.32. The van der Waals surface area contributed by atoms with Crippen molar-refractivity contribution in [3.63, 3.8) is 0 Å². The first-order chi connectivity index (χ1) is 12.1. The molecule has 0 atom stereocenters. The third-order valence-electron chi connectivity index (χ3n) is 4.61. The molecule has 1 saturated heterocycles. The van der Waals surface area contributed by atoms with E-state index in [1.165, 1.54) is 5.56 Å². The number of carbonyl (C=O) groups is 1. The van der Waals surface area contributed by atoms with Gasteiger partial charge >= 0.3 is 0 Å². The van der Waals surface area contributed by atoms with Crippen LogP contribution in [0.3, 0.4) is 0 Å². The molecule has 0 spiro atoms. The molecule has 25 heavy (non-hydrogen) atoms. The summed E-state index contributed by atoms with van der Waals surface area (Å²) in [5.74, 6) is 1.34. The number of likely N-dealkylation sites (tertiary alicyclic amines) is 1. The molecule has 0 unspecified atom stereocenters. The Morgan fingerprint density at radius 2 is 2.12 bits per heavy atom. The van der Waals surface area contributed by atoms with Gasteiger partial charge in [0.05, 0.1) is 13.0 Å². The van der Waals surface area contributed by atoms with Crippen LogP contribution < -0.4 is 4.74 Å². The van der Waals surface area contributed by atoms with Crippen molar-refractivity contribution in [2.45, 2.75) is 26.2 Å². The van der Waals surface area contributed by atoms with Crippen LogP contribution in [-0.4, -0.2) is 35.5 Å². The maximum Gasteiger partial charge on any atom is 0.226 e. The minimum absolute atomic E-state index is 0.210. The lowest BCUT2D eigenvalue weighted by molar-refractivity contribution is -0.132. The number of halogens is 1. The Morgan fingerprint density at radius 3 is 2.84 bits per heavy atom. The number of hydrogen-bond donors (Lipinski definition) is 0. The highest BCUT2D eigenvalue weighted by Crippen LogP contribution is 2.25. The lowest BCUT2D eigenvalue weighted by Crippen LogP contribution is -2.40. The Labute approximate surface area is 153 Å². The Morgan fingerprint density at radius 1 is 1.32 bits per heavy atom. The molecule has 3 rings (SSSR count). The van der Waals surface area contributed by atoms with Crippen molar-refractivity contribution < 1.29 is 9.53 Å². The Hall–Kier alpha value is -2.07. The number of piperidine rings is 1. The zero-order valence-corrected chi connectivity index (χ0v) is 15.2. The molecule has 1 aliphatic rings. The van der Waals surface area contributed by atoms with E-state index in [4.69, 9.17) is 16.3 Å². The normalized spacial score (nSPS) is 15.2. The van der Waals surface area contributed by atoms with E-state index in [1.807, 2.05) is 17.0 Å². The summed E-state index contributed by atoms with van der Waals surface area (Å²) in [5.41, 5.74) is 2.28. The number of benzene rings is 1. The molecule has 1 aromatic heterocycles. The summed E-state index contributed by atoms with van der Waals surface area (Å²) < 4.78 is 5.81. The van der Waals surface area contributed by atoms with Gasteiger partial charge in [-0.05, 0) is 31.2 Å². The van der Waals surface area contributed by atoms with Crippen LogP contribution in [0.25, 0.3) is 0 Å². The second-order valence-corrected chi connectivity index (χ2v) is 7.01. The molecule has 0 saturated carbocycles. The van der Waals surface area contributed by atoms with Crippen LogP contribution in [0.1, 0.15) is 24.0 Å². The standard InChI is InChI=1S/C20H23ClN2O2/c1-15-3-2-4-17(11-15)12-20(24)23-9-6-16(7-10-23)14-25-19-5-8-22-13-18(19)21/h2-5,8,11,13,16H,6-7,9-10,12,14H2,1H3. The first-order valence-electron chi connectivity index (χ1n) is 8.67. The number of aryl methyl sites for hydroxylation is 1. The van der Waals surface area contributed by atoms with Crippen molar-refractivity contribution in [2.24, 2.45) is 5.92 Å². The number of carbonyl (C=O) groups excluding carboxylic acids is 1. The average Bonchev–Trinajstić information content (AvgIpc) is 2.61. The smallest absolute Gasteiger partial charge is 0.226 e. The summed E-state index contributed by atoms with van der Waals surface area (Å²) in [5, 5.41) is 0.535. The number of hydrogen-bond acceptors (Lipinski definition) is 3. The predicted molar refractivity (Wildman–Crippen MR) is 98.9 cm³/mol. The van der Waals surface area contributed by atoms with E-state index in [2.05, 4.69) is 24.0 Å². The number of aromatic nitrogens is 1. The summed E-state index contributed by atoms with van der Waals surface area (Å²) >= 11 is 6.05. The Bertz CT molecular complexity index is 727. The number of pyridine rings is 1. The van der Waals surface area contributed by atoms with Crippen molar-refractivity contribution in [1.29, 1.82) is 0 Å². The van der Waals surface area contributed by atoms with Crippen LogP contribution in [-0.2, 0) is 11.2 Å². The summed E-state index contributed by atoms with van der Waals surface area (Å²) in [7, 11) is 0. The number of amides is 1. The highest BCUT2D eigenvalue weighted by atomic mass is 35.5. The second kappa shape index (κ2) is 8.34. The lowest BCUT2D eigenvalue weighted by Gasteiger charge is -2.32. The zero-order chi connectivity index (χ0) is 17.6. The van der Waals surface area contributed by atoms with Crippen LogP contribution in [0.15, 0.2) is 42.7 Å². The third kappa shape index (κ3) is 4.95. The maximum atomic E-state index is 12.5. The topological polar surface area (TPSA) is 42.4 Å². The van der Waals surface area contributed by atoms with Gasteiger partial charge in [-0.3, -0.25) is 9.78 Å². The van der Waals surface area contributed by atoms with E-state index < -0.39 is 0 Å². The van der Waals surface area contributed by atoms with Crippen LogP contribution in [0.2, 0.25) is 5.02 Å². The molecule has 1 amide bonds. The molecule has 0 N–H and O–H groups in total. The first-order valence-corrected chi connectivity index (χ1v) is 9.05. The number of nitrogens with zero attached hydrogens (tertiary/aromatic N) is 2. The molecule has 4 nitrogen and oxygen atoms in total. The van der Waals surface area contributed by atoms with Gasteiger partial charge in [0.25, 0.3) is 0 Å². The zero-order valence-electron chi connectivity index (χ0n) is 14.5. The van der Waals surface area contributed by atoms with Crippen molar-refractivity contribution in [1.82, 2.24) is 9.88 Å². The molecule has 132 valence electrons. The van der Waals surface area contributed by atoms with Gasteiger partial charge in [0, 0.05) is 31.5 Å². The summed E-state index contributed by atoms with van der Waals surface area (Å²) in [6, 6.07) is 9.93. The Balaban J connectivity index is 1.45. The SMILES string of the molecule is Cc1cccc(CC(=O)N2CCC(COc3ccncc3Cl)CC2)c1. The largest absolute Gasteiger partial charge is 0.492 e. The van der Waals surface area contributed by atoms with Crippen molar-refractivity contribution >= 4 is 17.5 Å². The number of rotatable bonds is 5. The molecule has 2 aromatic rings. The highest BCUT2D eigenvalue weighted by molar-refractivity contribution is 6.31. The lowest BCUT2D eigenvalue weighted by atomic mass is 9.97. The van der Waals surface area contributed by atoms with Crippen LogP contribution in [0.4, 0.5) is 0 Å². The fourth-order valence-electron chi connectivity index (χ4n) is 3.14. The van der Waals surface area contributed by atoms with E-state index in [9.17, 15) is 4.79 Å². The molecular weight excluding hydrogens is 336 g/mol. The maximum absolute atomic E-state index is 12.5. The molecule has 0 aliphatic carbocycles. The molecule has 0 bridgehead atoms. The van der Waals surface area contributed by atoms with Gasteiger partial charge in [-0.25, -0.2) is 0 Å². The fraction of sp³-hybridized carbons (Fsp3) is 0.400. The second-order valence-electron chi connectivity index (χ2n) is 6.61. The molecule has 1 aromatic carbocycles. The first kappa shape index (κ1) is 17.7. The van der Waals surface area contributed by atoms with Gasteiger partial charge in [-0.15, -0.1) is 0 Å². The van der Waals surface area contributed by atoms with Gasteiger partial charge < -0.3 is 9.64 Å². The molecule has 1 fully saturated rings. The van der Waals surface area contributed by atoms with Crippen molar-refractivity contribution in [3.05, 3.63) is 58.9 Å². The minimum Gasteiger partial charge on any atom is -0.492 e. The van der Waals surface area contributed by atoms with Crippen LogP contribution in [0, 0.1) is 12.8 Å². The average molecular weight is 359 g/mol. The van der Waals surface area contributed by atoms with E-state index in [0.717, 1.165) is 31.5 Å². The minimum atomic E-state index is 0.210. The van der Waals surface area contributed by atoms with Gasteiger partial charge in [0.2, 0.25) is 5.91 Å². The van der Waals surface area contributed by atoms with Gasteiger partial charge in [-0.2, -0.15) is 0 Å². The van der Waals surface area contributed by atoms with E-state index in [1.54, 1.807) is 18.5 Å². The summed E-state index contributed by atoms with van der Waals surface area (Å²) in [6.07, 6.45) is 5.66. The van der Waals surface area contributed by atoms with Crippen molar-refractivity contribution in [2.75, 3.05) is 19.7 Å². The molecule has 2 heterocycles. The molecular formula is C20H23ClN2O2. The summed E-state index contributed by atoms with van der Waals surface area (Å²) in [6.45, 7) is 4.27. The van der Waals surface area contributed by atoms with E-state index in [0.29, 0.717) is 29.7 Å². The molecule has 1 aliphatic heterocycles. The van der Waals surface area contributed by atoms with E-state index in [-0.39, 0.29) is 5.91 Å². The Kier molecular flexibility index (Phi) is 5.92. The van der Waals surface area contributed by atoms with Crippen LogP contribution in [0.5, 0.6) is 5.75 Å². The molecule has 5 heteroatoms. The molecule has 0 radical (unpaired) electrons. The third-order valence-corrected chi connectivity index (χ3v) is 4.90. The van der Waals surface area contributed by atoms with Crippen LogP contribution >= 0.6 is 11.6 Å². The highest BCUT2D eigenvalue weighted by Gasteiger charge is 2.23. The van der Waals surface area contributed by atoms with Gasteiger partial charge in [0.15, 0.2) is 0 Å². The van der Waals surface area contributed by atoms with Crippen molar-refractivity contribution in [3.8, 4) is 5.75 Å². The van der Waals surface area contributed by atoms with E-state index >= 15 is 0 Å². The monoisotopic (exact) mass is 358 g/mol. The predicted octanol–water partition coefficient (Wildman–Crippen LogP) is 3.90. The van der Waals surface area contributed by atoms with Gasteiger partial charge in [0.1, 0.15) is 10.8 Å². The quantitative estimate of drug-likeness (QED) is 0.814.